The van der Waals surface area contributed by atoms with Crippen molar-refractivity contribution < 1.29 is 18.4 Å². The summed E-state index contributed by atoms with van der Waals surface area (Å²) in [6.07, 6.45) is 0. The smallest absolute Gasteiger partial charge is 0.327 e. The standard InChI is InChI=1S/C13H11F2N3O3/c1-21-9-4-2-8(3-5-9)7-16-13-10(14)6-11(18(19)20)12(15)17-13/h2-6H,7H2,1H3,(H,16,17). The molecule has 0 amide bonds. The molecule has 110 valence electrons. The maximum atomic E-state index is 13.6. The van der Waals surface area contributed by atoms with Crippen LogP contribution in [0.5, 0.6) is 5.75 Å². The van der Waals surface area contributed by atoms with Crippen molar-refractivity contribution in [1.82, 2.24) is 4.98 Å². The first-order valence-corrected chi connectivity index (χ1v) is 5.88. The minimum atomic E-state index is -1.33. The van der Waals surface area contributed by atoms with Gasteiger partial charge in [0.05, 0.1) is 18.1 Å². The van der Waals surface area contributed by atoms with Crippen LogP contribution in [0.15, 0.2) is 30.3 Å². The summed E-state index contributed by atoms with van der Waals surface area (Å²) in [6, 6.07) is 7.42. The van der Waals surface area contributed by atoms with Crippen molar-refractivity contribution >= 4 is 11.5 Å². The van der Waals surface area contributed by atoms with E-state index in [1.807, 2.05) is 0 Å². The van der Waals surface area contributed by atoms with E-state index >= 15 is 0 Å². The Labute approximate surface area is 118 Å². The Kier molecular flexibility index (Phi) is 4.27. The first-order chi connectivity index (χ1) is 10.0. The lowest BCUT2D eigenvalue weighted by atomic mass is 10.2. The molecule has 0 aliphatic carbocycles. The number of pyridine rings is 1. The molecule has 0 fully saturated rings. The van der Waals surface area contributed by atoms with E-state index in [-0.39, 0.29) is 12.4 Å². The lowest BCUT2D eigenvalue weighted by molar-refractivity contribution is -0.388. The predicted octanol–water partition coefficient (Wildman–Crippen LogP) is 2.89. The van der Waals surface area contributed by atoms with Gasteiger partial charge in [-0.05, 0) is 17.7 Å². The Balaban J connectivity index is 2.12. The van der Waals surface area contributed by atoms with Crippen molar-refractivity contribution in [2.45, 2.75) is 6.54 Å². The number of methoxy groups -OCH3 is 1. The number of hydrogen-bond donors (Lipinski definition) is 1. The largest absolute Gasteiger partial charge is 0.497 e. The van der Waals surface area contributed by atoms with Crippen molar-refractivity contribution in [3.05, 3.63) is 57.8 Å². The average Bonchev–Trinajstić information content (AvgIpc) is 2.48. The number of nitrogens with one attached hydrogen (secondary N) is 1. The molecule has 0 radical (unpaired) electrons. The molecule has 21 heavy (non-hydrogen) atoms. The number of nitrogens with zero attached hydrogens (tertiary/aromatic N) is 2. The zero-order valence-electron chi connectivity index (χ0n) is 11.0. The number of anilines is 1. The Hall–Kier alpha value is -2.77. The summed E-state index contributed by atoms with van der Waals surface area (Å²) >= 11 is 0. The Morgan fingerprint density at radius 3 is 2.57 bits per heavy atom. The highest BCUT2D eigenvalue weighted by atomic mass is 19.1. The Morgan fingerprint density at radius 1 is 1.33 bits per heavy atom. The minimum Gasteiger partial charge on any atom is -0.497 e. The number of benzene rings is 1. The van der Waals surface area contributed by atoms with E-state index in [1.165, 1.54) is 7.11 Å². The normalized spacial score (nSPS) is 10.2. The molecule has 1 N–H and O–H groups in total. The van der Waals surface area contributed by atoms with Gasteiger partial charge < -0.3 is 10.1 Å². The molecule has 0 aliphatic heterocycles. The number of nitro groups is 1. The van der Waals surface area contributed by atoms with Gasteiger partial charge in [0, 0.05) is 6.54 Å². The summed E-state index contributed by atoms with van der Waals surface area (Å²) in [5, 5.41) is 13.0. The highest BCUT2D eigenvalue weighted by molar-refractivity contribution is 5.43. The van der Waals surface area contributed by atoms with Crippen molar-refractivity contribution in [1.29, 1.82) is 0 Å². The first-order valence-electron chi connectivity index (χ1n) is 5.88. The molecule has 0 unspecified atom stereocenters. The van der Waals surface area contributed by atoms with Crippen LogP contribution in [0.25, 0.3) is 0 Å². The van der Waals surface area contributed by atoms with Crippen LogP contribution in [0.3, 0.4) is 0 Å². The molecule has 0 bridgehead atoms. The van der Waals surface area contributed by atoms with Gasteiger partial charge in [0.1, 0.15) is 5.75 Å². The van der Waals surface area contributed by atoms with Gasteiger partial charge in [-0.3, -0.25) is 10.1 Å². The summed E-state index contributed by atoms with van der Waals surface area (Å²) < 4.78 is 31.9. The average molecular weight is 295 g/mol. The van der Waals surface area contributed by atoms with Gasteiger partial charge in [0.15, 0.2) is 11.6 Å². The van der Waals surface area contributed by atoms with E-state index in [9.17, 15) is 18.9 Å². The highest BCUT2D eigenvalue weighted by Gasteiger charge is 2.20. The maximum Gasteiger partial charge on any atom is 0.327 e. The third-order valence-electron chi connectivity index (χ3n) is 2.73. The number of hydrogen-bond acceptors (Lipinski definition) is 5. The Morgan fingerprint density at radius 2 is 2.00 bits per heavy atom. The Bertz CT molecular complexity index is 662. The molecule has 2 rings (SSSR count). The van der Waals surface area contributed by atoms with Gasteiger partial charge in [-0.25, -0.2) is 4.39 Å². The molecule has 0 saturated heterocycles. The molecule has 2 aromatic rings. The van der Waals surface area contributed by atoms with Crippen LogP contribution in [0.4, 0.5) is 20.3 Å². The predicted molar refractivity (Wildman–Crippen MR) is 71.1 cm³/mol. The van der Waals surface area contributed by atoms with Crippen LogP contribution in [0, 0.1) is 21.9 Å². The van der Waals surface area contributed by atoms with Gasteiger partial charge in [0.25, 0.3) is 5.95 Å². The highest BCUT2D eigenvalue weighted by Crippen LogP contribution is 2.22. The zero-order chi connectivity index (χ0) is 15.4. The number of halogens is 2. The lowest BCUT2D eigenvalue weighted by Crippen LogP contribution is -2.06. The topological polar surface area (TPSA) is 77.3 Å². The summed E-state index contributed by atoms with van der Waals surface area (Å²) in [4.78, 5) is 12.6. The van der Waals surface area contributed by atoms with E-state index in [2.05, 4.69) is 10.3 Å². The molecule has 0 spiro atoms. The van der Waals surface area contributed by atoms with Crippen molar-refractivity contribution in [3.63, 3.8) is 0 Å². The molecule has 1 aromatic heterocycles. The molecule has 1 heterocycles. The molecular weight excluding hydrogens is 284 g/mol. The van der Waals surface area contributed by atoms with Gasteiger partial charge >= 0.3 is 5.69 Å². The lowest BCUT2D eigenvalue weighted by Gasteiger charge is -2.07. The van der Waals surface area contributed by atoms with Crippen LogP contribution in [-0.2, 0) is 6.54 Å². The summed E-state index contributed by atoms with van der Waals surface area (Å²) in [5.41, 5.74) is -0.210. The van der Waals surface area contributed by atoms with Crippen LogP contribution in [0.1, 0.15) is 5.56 Å². The molecule has 0 aliphatic rings. The summed E-state index contributed by atoms with van der Waals surface area (Å²) in [5.74, 6) is -2.03. The maximum absolute atomic E-state index is 13.6. The quantitative estimate of drug-likeness (QED) is 0.521. The van der Waals surface area contributed by atoms with Gasteiger partial charge in [0.2, 0.25) is 0 Å². The van der Waals surface area contributed by atoms with Crippen LogP contribution in [0.2, 0.25) is 0 Å². The van der Waals surface area contributed by atoms with Crippen LogP contribution >= 0.6 is 0 Å². The molecule has 0 atom stereocenters. The monoisotopic (exact) mass is 295 g/mol. The number of ether oxygens (including phenoxy) is 1. The van der Waals surface area contributed by atoms with Gasteiger partial charge in [-0.15, -0.1) is 0 Å². The second kappa shape index (κ2) is 6.12. The van der Waals surface area contributed by atoms with E-state index in [0.717, 1.165) is 5.56 Å². The molecule has 1 aromatic carbocycles. The SMILES string of the molecule is COc1ccc(CNc2nc(F)c([N+](=O)[O-])cc2F)cc1. The van der Waals surface area contributed by atoms with Gasteiger partial charge in [-0.2, -0.15) is 9.37 Å². The van der Waals surface area contributed by atoms with E-state index in [1.54, 1.807) is 24.3 Å². The van der Waals surface area contributed by atoms with Gasteiger partial charge in [-0.1, -0.05) is 12.1 Å². The van der Waals surface area contributed by atoms with Crippen molar-refractivity contribution in [2.24, 2.45) is 0 Å². The summed E-state index contributed by atoms with van der Waals surface area (Å²) in [7, 11) is 1.53. The number of aromatic nitrogens is 1. The van der Waals surface area contributed by atoms with Crippen molar-refractivity contribution in [2.75, 3.05) is 12.4 Å². The van der Waals surface area contributed by atoms with Crippen LogP contribution < -0.4 is 10.1 Å². The van der Waals surface area contributed by atoms with E-state index in [0.29, 0.717) is 11.8 Å². The van der Waals surface area contributed by atoms with E-state index < -0.39 is 22.4 Å². The van der Waals surface area contributed by atoms with Crippen molar-refractivity contribution in [3.8, 4) is 5.75 Å². The minimum absolute atomic E-state index is 0.186. The molecular formula is C13H11F2N3O3. The van der Waals surface area contributed by atoms with Crippen LogP contribution in [-0.4, -0.2) is 17.0 Å². The molecule has 8 heteroatoms. The number of rotatable bonds is 5. The third-order valence-corrected chi connectivity index (χ3v) is 2.73. The second-order valence-corrected chi connectivity index (χ2v) is 4.09. The molecule has 0 saturated carbocycles. The summed E-state index contributed by atoms with van der Waals surface area (Å²) in [6.45, 7) is 0.186. The fraction of sp³-hybridized carbons (Fsp3) is 0.154. The fourth-order valence-corrected chi connectivity index (χ4v) is 1.64. The third kappa shape index (κ3) is 3.41. The fourth-order valence-electron chi connectivity index (χ4n) is 1.64. The molecule has 6 nitrogen and oxygen atoms in total. The second-order valence-electron chi connectivity index (χ2n) is 4.09. The zero-order valence-corrected chi connectivity index (χ0v) is 11.0. The van der Waals surface area contributed by atoms with E-state index in [4.69, 9.17) is 4.74 Å². The first kappa shape index (κ1) is 14.6.